The van der Waals surface area contributed by atoms with Crippen molar-refractivity contribution in [2.24, 2.45) is 4.99 Å². The van der Waals surface area contributed by atoms with Crippen molar-refractivity contribution in [3.05, 3.63) is 63.9 Å². The number of benzene rings is 1. The molecule has 3 aromatic rings. The van der Waals surface area contributed by atoms with Crippen LogP contribution in [-0.2, 0) is 13.0 Å². The van der Waals surface area contributed by atoms with Crippen molar-refractivity contribution >= 4 is 41.3 Å². The molecular weight excluding hydrogens is 507 g/mol. The number of nitrogens with zero attached hydrogens (tertiary/aromatic N) is 5. The number of rotatable bonds is 8. The predicted octanol–water partition coefficient (Wildman–Crippen LogP) is 4.59. The number of hydrogen-bond acceptors (Lipinski definition) is 4. The lowest BCUT2D eigenvalue weighted by Gasteiger charge is -2.21. The molecule has 6 nitrogen and oxygen atoms in total. The Morgan fingerprint density at radius 3 is 2.67 bits per heavy atom. The first-order valence-electron chi connectivity index (χ1n) is 10.1. The van der Waals surface area contributed by atoms with E-state index in [9.17, 15) is 0 Å². The van der Waals surface area contributed by atoms with Gasteiger partial charge in [0.2, 0.25) is 0 Å². The molecule has 0 aliphatic rings. The molecule has 0 bridgehead atoms. The number of aromatic nitrogens is 3. The van der Waals surface area contributed by atoms with E-state index in [1.807, 2.05) is 29.8 Å². The molecular formula is C22H31IN6S. The molecule has 0 fully saturated rings. The summed E-state index contributed by atoms with van der Waals surface area (Å²) in [6.07, 6.45) is 4.09. The third kappa shape index (κ3) is 6.80. The minimum atomic E-state index is 0. The minimum Gasteiger partial charge on any atom is -0.357 e. The van der Waals surface area contributed by atoms with Crippen LogP contribution in [0.25, 0.3) is 5.69 Å². The molecule has 0 saturated heterocycles. The summed E-state index contributed by atoms with van der Waals surface area (Å²) < 4.78 is 1.96. The summed E-state index contributed by atoms with van der Waals surface area (Å²) in [6, 6.07) is 10.2. The van der Waals surface area contributed by atoms with E-state index < -0.39 is 0 Å². The van der Waals surface area contributed by atoms with Gasteiger partial charge in [-0.05, 0) is 51.3 Å². The Hall–Kier alpha value is -1.94. The van der Waals surface area contributed by atoms with Gasteiger partial charge in [0.25, 0.3) is 0 Å². The highest BCUT2D eigenvalue weighted by atomic mass is 127. The Morgan fingerprint density at radius 1 is 1.23 bits per heavy atom. The number of thiazole rings is 1. The van der Waals surface area contributed by atoms with Gasteiger partial charge in [-0.2, -0.15) is 5.10 Å². The molecule has 2 heterocycles. The number of para-hydroxylation sites is 1. The fourth-order valence-corrected chi connectivity index (χ4v) is 3.78. The van der Waals surface area contributed by atoms with Gasteiger partial charge in [0.05, 0.1) is 28.6 Å². The van der Waals surface area contributed by atoms with Crippen molar-refractivity contribution in [3.63, 3.8) is 0 Å². The van der Waals surface area contributed by atoms with Gasteiger partial charge in [-0.25, -0.2) is 9.67 Å². The lowest BCUT2D eigenvalue weighted by Crippen LogP contribution is -2.38. The average molecular weight is 539 g/mol. The SMILES string of the molecule is CCNC(=NCCCc1cn(-c2ccccc2)nc1C)N(C)Cc1csc(C)n1.I. The Labute approximate surface area is 200 Å². The number of aryl methyl sites for hydroxylation is 3. The second kappa shape index (κ2) is 12.0. The van der Waals surface area contributed by atoms with E-state index >= 15 is 0 Å². The Kier molecular flexibility index (Phi) is 9.77. The molecule has 1 N–H and O–H groups in total. The van der Waals surface area contributed by atoms with Crippen molar-refractivity contribution in [2.45, 2.75) is 40.2 Å². The summed E-state index contributed by atoms with van der Waals surface area (Å²) in [5.74, 6) is 0.926. The highest BCUT2D eigenvalue weighted by Crippen LogP contribution is 2.14. The average Bonchev–Trinajstić information content (AvgIpc) is 3.30. The van der Waals surface area contributed by atoms with Gasteiger partial charge in [-0.15, -0.1) is 35.3 Å². The minimum absolute atomic E-state index is 0. The summed E-state index contributed by atoms with van der Waals surface area (Å²) in [5, 5.41) is 11.2. The molecule has 1 aromatic carbocycles. The van der Waals surface area contributed by atoms with Crippen molar-refractivity contribution in [2.75, 3.05) is 20.1 Å². The van der Waals surface area contributed by atoms with Crippen LogP contribution in [0.15, 0.2) is 46.9 Å². The van der Waals surface area contributed by atoms with Gasteiger partial charge >= 0.3 is 0 Å². The summed E-state index contributed by atoms with van der Waals surface area (Å²) in [4.78, 5) is 11.5. The predicted molar refractivity (Wildman–Crippen MR) is 136 cm³/mol. The van der Waals surface area contributed by atoms with Crippen LogP contribution < -0.4 is 5.32 Å². The van der Waals surface area contributed by atoms with E-state index in [0.29, 0.717) is 0 Å². The second-order valence-electron chi connectivity index (χ2n) is 7.07. The molecule has 0 unspecified atom stereocenters. The highest BCUT2D eigenvalue weighted by Gasteiger charge is 2.09. The molecule has 0 aliphatic carbocycles. The zero-order chi connectivity index (χ0) is 20.6. The topological polar surface area (TPSA) is 58.3 Å². The smallest absolute Gasteiger partial charge is 0.194 e. The Morgan fingerprint density at radius 2 is 2.00 bits per heavy atom. The third-order valence-corrected chi connectivity index (χ3v) is 5.47. The van der Waals surface area contributed by atoms with Crippen LogP contribution in [0.1, 0.15) is 35.3 Å². The van der Waals surface area contributed by atoms with Crippen LogP contribution >= 0.6 is 35.3 Å². The molecule has 0 atom stereocenters. The second-order valence-corrected chi connectivity index (χ2v) is 8.14. The first kappa shape index (κ1) is 24.3. The van der Waals surface area contributed by atoms with Crippen molar-refractivity contribution < 1.29 is 0 Å². The number of aliphatic imine (C=N–C) groups is 1. The highest BCUT2D eigenvalue weighted by molar-refractivity contribution is 14.0. The van der Waals surface area contributed by atoms with Crippen molar-refractivity contribution in [3.8, 4) is 5.69 Å². The summed E-state index contributed by atoms with van der Waals surface area (Å²) in [5.41, 5.74) is 4.54. The molecule has 0 radical (unpaired) electrons. The number of guanidine groups is 1. The largest absolute Gasteiger partial charge is 0.357 e. The quantitative estimate of drug-likeness (QED) is 0.197. The Balaban J connectivity index is 0.00000320. The van der Waals surface area contributed by atoms with E-state index in [1.165, 1.54) is 5.56 Å². The zero-order valence-corrected chi connectivity index (χ0v) is 21.3. The zero-order valence-electron chi connectivity index (χ0n) is 18.1. The summed E-state index contributed by atoms with van der Waals surface area (Å²) in [6.45, 7) is 8.60. The van der Waals surface area contributed by atoms with E-state index in [4.69, 9.17) is 4.99 Å². The third-order valence-electron chi connectivity index (χ3n) is 4.65. The molecule has 0 amide bonds. The van der Waals surface area contributed by atoms with E-state index in [0.717, 1.165) is 60.5 Å². The molecule has 8 heteroatoms. The molecule has 30 heavy (non-hydrogen) atoms. The summed E-state index contributed by atoms with van der Waals surface area (Å²) in [7, 11) is 2.06. The van der Waals surface area contributed by atoms with Gasteiger partial charge in [-0.1, -0.05) is 18.2 Å². The molecule has 3 rings (SSSR count). The molecule has 0 aliphatic heterocycles. The maximum absolute atomic E-state index is 4.81. The Bertz CT molecular complexity index is 934. The van der Waals surface area contributed by atoms with E-state index in [1.54, 1.807) is 11.3 Å². The standard InChI is InChI=1S/C22H30N6S.HI/c1-5-23-22(27(4)15-20-16-29-18(3)25-20)24-13-9-10-19-14-28(26-17(19)2)21-11-7-6-8-12-21;/h6-8,11-12,14,16H,5,9-10,13,15H2,1-4H3,(H,23,24);1H. The van der Waals surface area contributed by atoms with Gasteiger partial charge in [0.1, 0.15) is 0 Å². The van der Waals surface area contributed by atoms with Gasteiger partial charge < -0.3 is 10.2 Å². The van der Waals surface area contributed by atoms with Crippen LogP contribution in [0.5, 0.6) is 0 Å². The van der Waals surface area contributed by atoms with E-state index in [2.05, 4.69) is 64.9 Å². The fraction of sp³-hybridized carbons (Fsp3) is 0.409. The van der Waals surface area contributed by atoms with Crippen LogP contribution in [0.4, 0.5) is 0 Å². The maximum atomic E-state index is 4.81. The van der Waals surface area contributed by atoms with Crippen LogP contribution in [0.3, 0.4) is 0 Å². The van der Waals surface area contributed by atoms with Gasteiger partial charge in [-0.3, -0.25) is 4.99 Å². The lowest BCUT2D eigenvalue weighted by molar-refractivity contribution is 0.470. The van der Waals surface area contributed by atoms with Crippen molar-refractivity contribution in [1.29, 1.82) is 0 Å². The number of halogens is 1. The van der Waals surface area contributed by atoms with Crippen LogP contribution in [0.2, 0.25) is 0 Å². The van der Waals surface area contributed by atoms with Crippen LogP contribution in [0, 0.1) is 13.8 Å². The normalized spacial score (nSPS) is 11.3. The van der Waals surface area contributed by atoms with E-state index in [-0.39, 0.29) is 24.0 Å². The first-order valence-corrected chi connectivity index (χ1v) is 11.0. The molecule has 162 valence electrons. The van der Waals surface area contributed by atoms with Gasteiger partial charge in [0.15, 0.2) is 5.96 Å². The molecule has 2 aromatic heterocycles. The number of nitrogens with one attached hydrogen (secondary N) is 1. The fourth-order valence-electron chi connectivity index (χ4n) is 3.18. The monoisotopic (exact) mass is 538 g/mol. The molecule has 0 spiro atoms. The number of hydrogen-bond donors (Lipinski definition) is 1. The van der Waals surface area contributed by atoms with Crippen molar-refractivity contribution in [1.82, 2.24) is 25.0 Å². The summed E-state index contributed by atoms with van der Waals surface area (Å²) >= 11 is 1.69. The molecule has 0 saturated carbocycles. The lowest BCUT2D eigenvalue weighted by atomic mass is 10.1. The van der Waals surface area contributed by atoms with Gasteiger partial charge in [0, 0.05) is 31.7 Å². The maximum Gasteiger partial charge on any atom is 0.194 e. The van der Waals surface area contributed by atoms with Crippen LogP contribution in [-0.4, -0.2) is 45.8 Å². The first-order chi connectivity index (χ1) is 14.1.